The number of sulfonamides is 1. The lowest BCUT2D eigenvalue weighted by atomic mass is 10.2. The van der Waals surface area contributed by atoms with E-state index in [9.17, 15) is 8.42 Å². The first-order valence-corrected chi connectivity index (χ1v) is 11.2. The van der Waals surface area contributed by atoms with Crippen molar-refractivity contribution in [3.05, 3.63) is 46.7 Å². The van der Waals surface area contributed by atoms with Crippen LogP contribution in [-0.2, 0) is 16.4 Å². The monoisotopic (exact) mass is 394 g/mol. The van der Waals surface area contributed by atoms with E-state index >= 15 is 0 Å². The van der Waals surface area contributed by atoms with Gasteiger partial charge in [0.25, 0.3) is 0 Å². The number of para-hydroxylation sites is 1. The fourth-order valence-corrected chi connectivity index (χ4v) is 4.71. The van der Waals surface area contributed by atoms with Crippen molar-refractivity contribution in [1.82, 2.24) is 9.71 Å². The third-order valence-corrected chi connectivity index (χ3v) is 6.26. The second-order valence-corrected chi connectivity index (χ2v) is 9.28. The molecular formula is C17H18N2O3S3. The minimum absolute atomic E-state index is 0.405. The number of thiophene rings is 1. The molecule has 0 unspecified atom stereocenters. The van der Waals surface area contributed by atoms with Crippen LogP contribution in [0.1, 0.15) is 4.88 Å². The van der Waals surface area contributed by atoms with Crippen molar-refractivity contribution < 1.29 is 13.2 Å². The van der Waals surface area contributed by atoms with E-state index in [2.05, 4.69) is 4.72 Å². The summed E-state index contributed by atoms with van der Waals surface area (Å²) < 4.78 is 30.1. The molecule has 0 saturated heterocycles. The number of methoxy groups -OCH3 is 1. The zero-order valence-electron chi connectivity index (χ0n) is 13.9. The quantitative estimate of drug-likeness (QED) is 0.664. The van der Waals surface area contributed by atoms with Gasteiger partial charge in [0.05, 0.1) is 29.5 Å². The molecule has 2 heterocycles. The van der Waals surface area contributed by atoms with E-state index in [0.29, 0.717) is 13.0 Å². The highest BCUT2D eigenvalue weighted by Gasteiger charge is 2.12. The lowest BCUT2D eigenvalue weighted by Gasteiger charge is -2.04. The standard InChI is InChI=1S/C17H18N2O3S3/c1-22-15-6-4-3-5-13(15)17-19-14(11-23-17)16-8-7-12(24-16)9-10-18-25(2,20)21/h3-8,11,18H,9-10H2,1-2H3. The molecule has 8 heteroatoms. The number of hydrogen-bond acceptors (Lipinski definition) is 6. The normalized spacial score (nSPS) is 11.6. The summed E-state index contributed by atoms with van der Waals surface area (Å²) in [5.74, 6) is 0.808. The molecule has 0 saturated carbocycles. The van der Waals surface area contributed by atoms with E-state index in [1.165, 1.54) is 6.26 Å². The third kappa shape index (κ3) is 4.66. The molecule has 0 aliphatic heterocycles. The molecule has 5 nitrogen and oxygen atoms in total. The summed E-state index contributed by atoms with van der Waals surface area (Å²) in [6, 6.07) is 11.9. The fraction of sp³-hybridized carbons (Fsp3) is 0.235. The Balaban J connectivity index is 1.75. The highest BCUT2D eigenvalue weighted by Crippen LogP contribution is 2.36. The van der Waals surface area contributed by atoms with Crippen LogP contribution in [0.25, 0.3) is 21.1 Å². The molecule has 3 rings (SSSR count). The van der Waals surface area contributed by atoms with Crippen LogP contribution in [0.4, 0.5) is 0 Å². The number of aromatic nitrogens is 1. The topological polar surface area (TPSA) is 68.3 Å². The summed E-state index contributed by atoms with van der Waals surface area (Å²) in [5.41, 5.74) is 1.91. The summed E-state index contributed by atoms with van der Waals surface area (Å²) in [6.45, 7) is 0.405. The van der Waals surface area contributed by atoms with Crippen LogP contribution in [0.3, 0.4) is 0 Å². The van der Waals surface area contributed by atoms with E-state index in [1.54, 1.807) is 29.8 Å². The van der Waals surface area contributed by atoms with Gasteiger partial charge < -0.3 is 4.74 Å². The SMILES string of the molecule is COc1ccccc1-c1nc(-c2ccc(CCNS(C)(=O)=O)s2)cs1. The Morgan fingerprint density at radius 1 is 1.20 bits per heavy atom. The zero-order valence-corrected chi connectivity index (χ0v) is 16.3. The highest BCUT2D eigenvalue weighted by atomic mass is 32.2. The van der Waals surface area contributed by atoms with Gasteiger partial charge in [0.15, 0.2) is 0 Å². The smallest absolute Gasteiger partial charge is 0.208 e. The molecule has 0 fully saturated rings. The van der Waals surface area contributed by atoms with Gasteiger partial charge in [-0.2, -0.15) is 0 Å². The number of benzene rings is 1. The van der Waals surface area contributed by atoms with Crippen molar-refractivity contribution in [3.8, 4) is 26.9 Å². The average Bonchev–Trinajstić information content (AvgIpc) is 3.22. The van der Waals surface area contributed by atoms with E-state index in [4.69, 9.17) is 9.72 Å². The van der Waals surface area contributed by atoms with Gasteiger partial charge in [0.2, 0.25) is 10.0 Å². The number of ether oxygens (including phenoxy) is 1. The first kappa shape index (κ1) is 18.1. The molecule has 1 N–H and O–H groups in total. The van der Waals surface area contributed by atoms with Crippen molar-refractivity contribution in [2.75, 3.05) is 19.9 Å². The number of thiazole rings is 1. The Kier molecular flexibility index (Phi) is 5.53. The first-order valence-electron chi connectivity index (χ1n) is 7.59. The van der Waals surface area contributed by atoms with Crippen molar-refractivity contribution in [2.45, 2.75) is 6.42 Å². The van der Waals surface area contributed by atoms with E-state index < -0.39 is 10.0 Å². The van der Waals surface area contributed by atoms with Gasteiger partial charge in [-0.15, -0.1) is 22.7 Å². The van der Waals surface area contributed by atoms with Crippen molar-refractivity contribution in [1.29, 1.82) is 0 Å². The van der Waals surface area contributed by atoms with Crippen LogP contribution in [0, 0.1) is 0 Å². The molecule has 2 aromatic heterocycles. The summed E-state index contributed by atoms with van der Waals surface area (Å²) in [6.07, 6.45) is 1.84. The summed E-state index contributed by atoms with van der Waals surface area (Å²) in [7, 11) is -1.49. The second kappa shape index (κ2) is 7.65. The Morgan fingerprint density at radius 3 is 2.76 bits per heavy atom. The lowest BCUT2D eigenvalue weighted by Crippen LogP contribution is -2.23. The number of hydrogen-bond donors (Lipinski definition) is 1. The van der Waals surface area contributed by atoms with E-state index in [1.807, 2.05) is 41.8 Å². The molecule has 132 valence electrons. The molecule has 0 radical (unpaired) electrons. The predicted molar refractivity (Wildman–Crippen MR) is 104 cm³/mol. The van der Waals surface area contributed by atoms with Gasteiger partial charge in [0, 0.05) is 16.8 Å². The van der Waals surface area contributed by atoms with Gasteiger partial charge in [-0.1, -0.05) is 12.1 Å². The fourth-order valence-electron chi connectivity index (χ4n) is 2.34. The molecule has 0 amide bonds. The maximum atomic E-state index is 11.1. The second-order valence-electron chi connectivity index (χ2n) is 5.42. The predicted octanol–water partition coefficient (Wildman–Crippen LogP) is 3.64. The average molecular weight is 395 g/mol. The summed E-state index contributed by atoms with van der Waals surface area (Å²) in [4.78, 5) is 6.93. The van der Waals surface area contributed by atoms with Gasteiger partial charge in [0.1, 0.15) is 10.8 Å². The Morgan fingerprint density at radius 2 is 2.00 bits per heavy atom. The lowest BCUT2D eigenvalue weighted by molar-refractivity contribution is 0.416. The van der Waals surface area contributed by atoms with E-state index in [-0.39, 0.29) is 0 Å². The maximum Gasteiger partial charge on any atom is 0.208 e. The highest BCUT2D eigenvalue weighted by molar-refractivity contribution is 7.88. The zero-order chi connectivity index (χ0) is 17.9. The molecule has 0 spiro atoms. The minimum Gasteiger partial charge on any atom is -0.496 e. The van der Waals surface area contributed by atoms with Gasteiger partial charge in [-0.3, -0.25) is 0 Å². The van der Waals surface area contributed by atoms with Crippen molar-refractivity contribution in [2.24, 2.45) is 0 Å². The molecule has 0 aliphatic rings. The number of rotatable bonds is 7. The van der Waals surface area contributed by atoms with Gasteiger partial charge in [-0.25, -0.2) is 18.1 Å². The Labute approximate surface area is 155 Å². The van der Waals surface area contributed by atoms with Crippen LogP contribution >= 0.6 is 22.7 Å². The van der Waals surface area contributed by atoms with Gasteiger partial charge in [-0.05, 0) is 30.7 Å². The van der Waals surface area contributed by atoms with Crippen LogP contribution in [-0.4, -0.2) is 33.3 Å². The minimum atomic E-state index is -3.14. The largest absolute Gasteiger partial charge is 0.496 e. The summed E-state index contributed by atoms with van der Waals surface area (Å²) in [5, 5.41) is 2.95. The molecule has 3 aromatic rings. The van der Waals surface area contributed by atoms with Crippen molar-refractivity contribution >= 4 is 32.7 Å². The number of nitrogens with zero attached hydrogens (tertiary/aromatic N) is 1. The Bertz CT molecular complexity index is 961. The first-order chi connectivity index (χ1) is 12.0. The molecule has 25 heavy (non-hydrogen) atoms. The van der Waals surface area contributed by atoms with E-state index in [0.717, 1.165) is 31.8 Å². The van der Waals surface area contributed by atoms with Crippen molar-refractivity contribution in [3.63, 3.8) is 0 Å². The summed E-state index contributed by atoms with van der Waals surface area (Å²) >= 11 is 3.21. The molecular weight excluding hydrogens is 376 g/mol. The molecule has 0 atom stereocenters. The van der Waals surface area contributed by atoms with Crippen LogP contribution in [0.5, 0.6) is 5.75 Å². The maximum absolute atomic E-state index is 11.1. The molecule has 0 aliphatic carbocycles. The van der Waals surface area contributed by atoms with Gasteiger partial charge >= 0.3 is 0 Å². The molecule has 0 bridgehead atoms. The third-order valence-electron chi connectivity index (χ3n) is 3.49. The van der Waals surface area contributed by atoms with Crippen LogP contribution in [0.2, 0.25) is 0 Å². The van der Waals surface area contributed by atoms with Crippen LogP contribution in [0.15, 0.2) is 41.8 Å². The number of nitrogens with one attached hydrogen (secondary N) is 1. The Hall–Kier alpha value is -1.74. The molecule has 1 aromatic carbocycles. The van der Waals surface area contributed by atoms with Crippen LogP contribution < -0.4 is 9.46 Å².